The number of hydrogen-bond donors (Lipinski definition) is 0. The van der Waals surface area contributed by atoms with Crippen molar-refractivity contribution in [3.63, 3.8) is 0 Å². The standard InChI is InChI=1S/C19H19ClN4O2/c1-13-8-17(23(2)22-13)18(25)6-4-14-5-7-19(26-3)15(9-14)11-24-12-16(20)10-21-24/h4-10,12H,11H2,1-3H3/b6-4+. The molecule has 0 unspecified atom stereocenters. The van der Waals surface area contributed by atoms with Crippen LogP contribution >= 0.6 is 11.6 Å². The van der Waals surface area contributed by atoms with Crippen molar-refractivity contribution in [2.24, 2.45) is 7.05 Å². The molecule has 3 aromatic rings. The Balaban J connectivity index is 1.82. The summed E-state index contributed by atoms with van der Waals surface area (Å²) in [6, 6.07) is 7.51. The molecular weight excluding hydrogens is 352 g/mol. The van der Waals surface area contributed by atoms with Crippen LogP contribution in [0.5, 0.6) is 5.75 Å². The molecule has 0 aliphatic rings. The maximum atomic E-state index is 12.4. The van der Waals surface area contributed by atoms with Gasteiger partial charge in [-0.05, 0) is 36.8 Å². The Bertz CT molecular complexity index is 972. The lowest BCUT2D eigenvalue weighted by molar-refractivity contribution is 0.103. The highest BCUT2D eigenvalue weighted by Gasteiger charge is 2.09. The highest BCUT2D eigenvalue weighted by atomic mass is 35.5. The largest absolute Gasteiger partial charge is 0.496 e. The number of carbonyl (C=O) groups excluding carboxylic acids is 1. The molecule has 7 heteroatoms. The number of ketones is 1. The van der Waals surface area contributed by atoms with Gasteiger partial charge in [-0.25, -0.2) is 0 Å². The lowest BCUT2D eigenvalue weighted by Gasteiger charge is -2.09. The van der Waals surface area contributed by atoms with Crippen molar-refractivity contribution in [2.45, 2.75) is 13.5 Å². The first-order valence-electron chi connectivity index (χ1n) is 8.04. The van der Waals surface area contributed by atoms with Crippen LogP contribution < -0.4 is 4.74 Å². The zero-order valence-corrected chi connectivity index (χ0v) is 15.6. The quantitative estimate of drug-likeness (QED) is 0.492. The molecule has 0 amide bonds. The van der Waals surface area contributed by atoms with Crippen molar-refractivity contribution >= 4 is 23.5 Å². The van der Waals surface area contributed by atoms with E-state index in [0.717, 1.165) is 22.6 Å². The molecule has 2 heterocycles. The molecule has 0 atom stereocenters. The lowest BCUT2D eigenvalue weighted by Crippen LogP contribution is -2.04. The Kier molecular flexibility index (Phi) is 5.23. The SMILES string of the molecule is COc1ccc(/C=C/C(=O)c2cc(C)nn2C)cc1Cn1cc(Cl)cn1. The third-order valence-electron chi connectivity index (χ3n) is 3.92. The van der Waals surface area contributed by atoms with Crippen molar-refractivity contribution in [1.82, 2.24) is 19.6 Å². The first-order valence-corrected chi connectivity index (χ1v) is 8.42. The van der Waals surface area contributed by atoms with E-state index < -0.39 is 0 Å². The molecule has 6 nitrogen and oxygen atoms in total. The number of ether oxygens (including phenoxy) is 1. The Morgan fingerprint density at radius 1 is 1.35 bits per heavy atom. The number of carbonyl (C=O) groups is 1. The summed E-state index contributed by atoms with van der Waals surface area (Å²) in [5.41, 5.74) is 3.21. The highest BCUT2D eigenvalue weighted by Crippen LogP contribution is 2.22. The third kappa shape index (κ3) is 4.03. The van der Waals surface area contributed by atoms with Crippen LogP contribution in [0, 0.1) is 6.92 Å². The van der Waals surface area contributed by atoms with Crippen molar-refractivity contribution in [1.29, 1.82) is 0 Å². The molecule has 0 N–H and O–H groups in total. The zero-order chi connectivity index (χ0) is 18.7. The second kappa shape index (κ2) is 7.58. The number of hydrogen-bond acceptors (Lipinski definition) is 4. The third-order valence-corrected chi connectivity index (χ3v) is 4.12. The molecule has 0 saturated heterocycles. The van der Waals surface area contributed by atoms with Gasteiger partial charge < -0.3 is 4.74 Å². The van der Waals surface area contributed by atoms with Crippen LogP contribution in [0.1, 0.15) is 27.3 Å². The van der Waals surface area contributed by atoms with Gasteiger partial charge in [0.25, 0.3) is 0 Å². The van der Waals surface area contributed by atoms with Gasteiger partial charge in [0.15, 0.2) is 0 Å². The second-order valence-electron chi connectivity index (χ2n) is 5.92. The predicted octanol–water partition coefficient (Wildman–Crippen LogP) is 3.53. The van der Waals surface area contributed by atoms with Crippen LogP contribution in [-0.4, -0.2) is 32.5 Å². The van der Waals surface area contributed by atoms with Gasteiger partial charge in [0, 0.05) is 18.8 Å². The van der Waals surface area contributed by atoms with Gasteiger partial charge >= 0.3 is 0 Å². The zero-order valence-electron chi connectivity index (χ0n) is 14.8. The van der Waals surface area contributed by atoms with Crippen LogP contribution in [0.25, 0.3) is 6.08 Å². The van der Waals surface area contributed by atoms with E-state index >= 15 is 0 Å². The van der Waals surface area contributed by atoms with Gasteiger partial charge in [-0.2, -0.15) is 10.2 Å². The minimum Gasteiger partial charge on any atom is -0.496 e. The Morgan fingerprint density at radius 2 is 2.15 bits per heavy atom. The molecule has 0 aliphatic carbocycles. The van der Waals surface area contributed by atoms with E-state index in [-0.39, 0.29) is 5.78 Å². The fourth-order valence-corrected chi connectivity index (χ4v) is 2.88. The minimum absolute atomic E-state index is 0.0932. The number of aromatic nitrogens is 4. The summed E-state index contributed by atoms with van der Waals surface area (Å²) in [7, 11) is 3.38. The first-order chi connectivity index (χ1) is 12.5. The summed E-state index contributed by atoms with van der Waals surface area (Å²) in [5, 5.41) is 8.97. The molecule has 134 valence electrons. The fourth-order valence-electron chi connectivity index (χ4n) is 2.72. The maximum absolute atomic E-state index is 12.4. The van der Waals surface area contributed by atoms with Gasteiger partial charge in [-0.1, -0.05) is 23.7 Å². The first kappa shape index (κ1) is 17.9. The van der Waals surface area contributed by atoms with E-state index in [9.17, 15) is 4.79 Å². The fraction of sp³-hybridized carbons (Fsp3) is 0.211. The van der Waals surface area contributed by atoms with Crippen molar-refractivity contribution < 1.29 is 9.53 Å². The van der Waals surface area contributed by atoms with Gasteiger partial charge in [0.05, 0.1) is 30.6 Å². The molecule has 1 aromatic carbocycles. The lowest BCUT2D eigenvalue weighted by atomic mass is 10.1. The number of nitrogens with zero attached hydrogens (tertiary/aromatic N) is 4. The normalized spacial score (nSPS) is 11.2. The van der Waals surface area contributed by atoms with Crippen LogP contribution in [0.3, 0.4) is 0 Å². The molecule has 3 rings (SSSR count). The smallest absolute Gasteiger partial charge is 0.203 e. The maximum Gasteiger partial charge on any atom is 0.203 e. The van der Waals surface area contributed by atoms with E-state index in [1.54, 1.807) is 54.1 Å². The summed E-state index contributed by atoms with van der Waals surface area (Å²) in [6.07, 6.45) is 6.67. The van der Waals surface area contributed by atoms with E-state index in [4.69, 9.17) is 16.3 Å². The van der Waals surface area contributed by atoms with Crippen LogP contribution in [0.4, 0.5) is 0 Å². The van der Waals surface area contributed by atoms with Crippen molar-refractivity contribution in [2.75, 3.05) is 7.11 Å². The number of aryl methyl sites for hydroxylation is 2. The average molecular weight is 371 g/mol. The number of methoxy groups -OCH3 is 1. The van der Waals surface area contributed by atoms with Crippen molar-refractivity contribution in [3.05, 3.63) is 70.3 Å². The summed E-state index contributed by atoms with van der Waals surface area (Å²) >= 11 is 5.92. The van der Waals surface area contributed by atoms with Gasteiger partial charge in [0.2, 0.25) is 5.78 Å². The van der Waals surface area contributed by atoms with Crippen LogP contribution in [0.2, 0.25) is 5.02 Å². The van der Waals surface area contributed by atoms with Crippen LogP contribution in [-0.2, 0) is 13.6 Å². The Hall–Kier alpha value is -2.86. The predicted molar refractivity (Wildman–Crippen MR) is 101 cm³/mol. The highest BCUT2D eigenvalue weighted by molar-refractivity contribution is 6.30. The summed E-state index contributed by atoms with van der Waals surface area (Å²) in [5.74, 6) is 0.659. The molecular formula is C19H19ClN4O2. The molecule has 0 saturated carbocycles. The summed E-state index contributed by atoms with van der Waals surface area (Å²) in [6.45, 7) is 2.38. The van der Waals surface area contributed by atoms with E-state index in [0.29, 0.717) is 17.3 Å². The molecule has 0 spiro atoms. The summed E-state index contributed by atoms with van der Waals surface area (Å²) in [4.78, 5) is 12.4. The van der Waals surface area contributed by atoms with Gasteiger partial charge in [-0.3, -0.25) is 14.2 Å². The topological polar surface area (TPSA) is 61.9 Å². The monoisotopic (exact) mass is 370 g/mol. The van der Waals surface area contributed by atoms with Crippen molar-refractivity contribution in [3.8, 4) is 5.75 Å². The van der Waals surface area contributed by atoms with Gasteiger partial charge in [-0.15, -0.1) is 0 Å². The molecule has 0 radical (unpaired) electrons. The molecule has 0 aliphatic heterocycles. The minimum atomic E-state index is -0.0932. The van der Waals surface area contributed by atoms with Crippen LogP contribution in [0.15, 0.2) is 42.7 Å². The Labute approximate surface area is 156 Å². The average Bonchev–Trinajstić information content (AvgIpc) is 3.17. The summed E-state index contributed by atoms with van der Waals surface area (Å²) < 4.78 is 8.74. The number of benzene rings is 1. The number of rotatable bonds is 6. The van der Waals surface area contributed by atoms with E-state index in [1.165, 1.54) is 0 Å². The number of halogens is 1. The Morgan fingerprint density at radius 3 is 2.77 bits per heavy atom. The molecule has 2 aromatic heterocycles. The number of allylic oxidation sites excluding steroid dienone is 1. The molecule has 0 fully saturated rings. The molecule has 26 heavy (non-hydrogen) atoms. The van der Waals surface area contributed by atoms with E-state index in [1.807, 2.05) is 25.1 Å². The van der Waals surface area contributed by atoms with E-state index in [2.05, 4.69) is 10.2 Å². The van der Waals surface area contributed by atoms with Gasteiger partial charge in [0.1, 0.15) is 11.4 Å². The molecule has 0 bridgehead atoms. The second-order valence-corrected chi connectivity index (χ2v) is 6.36.